The number of nitrogens with one attached hydrogen (secondary N) is 5. The van der Waals surface area contributed by atoms with E-state index in [2.05, 4.69) is 68.3 Å². The third-order valence-electron chi connectivity index (χ3n) is 7.01. The Labute approximate surface area is 223 Å². The van der Waals surface area contributed by atoms with Crippen molar-refractivity contribution in [1.82, 2.24) is 26.4 Å². The maximum absolute atomic E-state index is 12.9. The zero-order valence-electron chi connectivity index (χ0n) is 20.5. The van der Waals surface area contributed by atoms with Gasteiger partial charge >= 0.3 is 6.03 Å². The van der Waals surface area contributed by atoms with E-state index in [1.807, 2.05) is 36.4 Å². The number of hydrogen-bond donors (Lipinski definition) is 5. The first kappa shape index (κ1) is 24.3. The molecular formula is C27H29ClN6O2S. The van der Waals surface area contributed by atoms with Crippen molar-refractivity contribution in [2.45, 2.75) is 17.5 Å². The predicted octanol–water partition coefficient (Wildman–Crippen LogP) is 3.45. The number of hydrazine groups is 1. The standard InChI is InChI=1S/C27H29ClN6O2S/c1-36-21-6-4-3-5-20(21)32-27(35)31-18-11-12-22-19(13-18)24-25(16-7-9-17(28)10-8-16)29-14-23-33-30-15-34(23)26(24)37(22)2/h3-13,18,22-23,29-30,33H,14-15H2,1-2H3,(H2,31,32,35). The number of hydrogen-bond acceptors (Lipinski definition) is 6. The summed E-state index contributed by atoms with van der Waals surface area (Å²) in [6.07, 6.45) is 8.97. The molecule has 0 spiro atoms. The molecule has 0 bridgehead atoms. The number of anilines is 1. The van der Waals surface area contributed by atoms with Crippen LogP contribution in [0.5, 0.6) is 5.75 Å². The number of fused-ring (bicyclic) bond motifs is 5. The summed E-state index contributed by atoms with van der Waals surface area (Å²) < 4.78 is 5.36. The summed E-state index contributed by atoms with van der Waals surface area (Å²) in [7, 11) is 1.54. The molecule has 3 heterocycles. The molecule has 8 nitrogen and oxygen atoms in total. The van der Waals surface area contributed by atoms with Crippen molar-refractivity contribution in [3.63, 3.8) is 0 Å². The number of methoxy groups -OCH3 is 1. The van der Waals surface area contributed by atoms with Gasteiger partial charge in [0.25, 0.3) is 0 Å². The summed E-state index contributed by atoms with van der Waals surface area (Å²) in [6, 6.07) is 14.8. The molecule has 192 valence electrons. The van der Waals surface area contributed by atoms with Crippen LogP contribution in [-0.2, 0) is 0 Å². The molecule has 0 radical (unpaired) electrons. The van der Waals surface area contributed by atoms with Crippen molar-refractivity contribution < 1.29 is 9.53 Å². The second kappa shape index (κ2) is 10.00. The number of urea groups is 1. The minimum Gasteiger partial charge on any atom is -0.495 e. The van der Waals surface area contributed by atoms with Crippen LogP contribution >= 0.6 is 22.1 Å². The second-order valence-electron chi connectivity index (χ2n) is 9.22. The Hall–Kier alpha value is -3.08. The van der Waals surface area contributed by atoms with Crippen molar-refractivity contribution in [2.75, 3.05) is 31.9 Å². The number of para-hydroxylation sites is 2. The van der Waals surface area contributed by atoms with Gasteiger partial charge in [0.15, 0.2) is 0 Å². The maximum atomic E-state index is 12.9. The molecule has 1 saturated heterocycles. The highest BCUT2D eigenvalue weighted by Gasteiger charge is 2.42. The Morgan fingerprint density at radius 3 is 2.78 bits per heavy atom. The Kier molecular flexibility index (Phi) is 6.56. The van der Waals surface area contributed by atoms with Crippen LogP contribution in [0, 0.1) is 0 Å². The maximum Gasteiger partial charge on any atom is 0.320 e. The predicted molar refractivity (Wildman–Crippen MR) is 152 cm³/mol. The molecule has 0 saturated carbocycles. The van der Waals surface area contributed by atoms with Crippen LogP contribution in [0.2, 0.25) is 5.02 Å². The van der Waals surface area contributed by atoms with E-state index in [0.29, 0.717) is 16.5 Å². The van der Waals surface area contributed by atoms with E-state index < -0.39 is 0 Å². The van der Waals surface area contributed by atoms with E-state index in [1.54, 1.807) is 7.11 Å². The van der Waals surface area contributed by atoms with Gasteiger partial charge in [-0.25, -0.2) is 20.5 Å². The summed E-state index contributed by atoms with van der Waals surface area (Å²) in [5, 5.41) is 10.7. The van der Waals surface area contributed by atoms with Crippen molar-refractivity contribution in [1.29, 1.82) is 0 Å². The third kappa shape index (κ3) is 4.47. The summed E-state index contributed by atoms with van der Waals surface area (Å²) in [4.78, 5) is 16.7. The third-order valence-corrected chi connectivity index (χ3v) is 9.48. The number of benzene rings is 2. The SMILES string of the molecule is COc1ccccc1NC(=O)NC1C=CC2C(=C1)C1=C(c3ccc(Cl)cc3)NCC3NNCN3C1=S2C. The van der Waals surface area contributed by atoms with Gasteiger partial charge in [-0.05, 0) is 41.7 Å². The molecule has 3 aliphatic heterocycles. The van der Waals surface area contributed by atoms with Crippen LogP contribution in [-0.4, -0.2) is 60.0 Å². The van der Waals surface area contributed by atoms with E-state index >= 15 is 0 Å². The smallest absolute Gasteiger partial charge is 0.320 e. The average Bonchev–Trinajstić information content (AvgIpc) is 3.42. The number of carbonyl (C=O) groups is 1. The monoisotopic (exact) mass is 536 g/mol. The fourth-order valence-electron chi connectivity index (χ4n) is 5.30. The average molecular weight is 537 g/mol. The second-order valence-corrected chi connectivity index (χ2v) is 11.7. The number of halogens is 1. The molecule has 4 atom stereocenters. The number of amides is 2. The summed E-state index contributed by atoms with van der Waals surface area (Å²) >= 11 is 6.21. The molecule has 5 N–H and O–H groups in total. The molecule has 1 fully saturated rings. The summed E-state index contributed by atoms with van der Waals surface area (Å²) in [5.41, 5.74) is 12.0. The van der Waals surface area contributed by atoms with Crippen molar-refractivity contribution in [3.05, 3.63) is 88.5 Å². The Bertz CT molecular complexity index is 1370. The van der Waals surface area contributed by atoms with Crippen LogP contribution in [0.1, 0.15) is 5.56 Å². The van der Waals surface area contributed by atoms with Gasteiger partial charge in [0.2, 0.25) is 0 Å². The van der Waals surface area contributed by atoms with E-state index in [9.17, 15) is 4.79 Å². The van der Waals surface area contributed by atoms with Crippen LogP contribution in [0.4, 0.5) is 10.5 Å². The molecule has 4 aliphatic rings. The first-order valence-electron chi connectivity index (χ1n) is 12.2. The van der Waals surface area contributed by atoms with Crippen molar-refractivity contribution in [2.24, 2.45) is 0 Å². The van der Waals surface area contributed by atoms with Gasteiger partial charge in [-0.15, -0.1) is 0 Å². The molecule has 2 aromatic carbocycles. The number of carbonyl (C=O) groups excluding carboxylic acids is 1. The van der Waals surface area contributed by atoms with Crippen LogP contribution in [0.3, 0.4) is 0 Å². The Morgan fingerprint density at radius 1 is 1.16 bits per heavy atom. The fraction of sp³-hybridized carbons (Fsp3) is 0.259. The molecular weight excluding hydrogens is 508 g/mol. The van der Waals surface area contributed by atoms with Gasteiger partial charge in [0, 0.05) is 22.4 Å². The van der Waals surface area contributed by atoms with Gasteiger partial charge in [-0.3, -0.25) is 0 Å². The highest BCUT2D eigenvalue weighted by Crippen LogP contribution is 2.47. The van der Waals surface area contributed by atoms with E-state index in [1.165, 1.54) is 16.1 Å². The molecule has 2 aromatic rings. The van der Waals surface area contributed by atoms with Gasteiger partial charge < -0.3 is 20.7 Å². The van der Waals surface area contributed by atoms with Gasteiger partial charge in [0.05, 0.1) is 42.4 Å². The molecule has 1 aliphatic carbocycles. The lowest BCUT2D eigenvalue weighted by atomic mass is 9.92. The summed E-state index contributed by atoms with van der Waals surface area (Å²) in [5.74, 6) is 0.616. The number of ether oxygens (including phenoxy) is 1. The first-order chi connectivity index (χ1) is 18.0. The highest BCUT2D eigenvalue weighted by molar-refractivity contribution is 8.16. The lowest BCUT2D eigenvalue weighted by Crippen LogP contribution is -2.44. The topological polar surface area (TPSA) is 89.7 Å². The van der Waals surface area contributed by atoms with E-state index in [4.69, 9.17) is 16.3 Å². The van der Waals surface area contributed by atoms with Gasteiger partial charge in [-0.2, -0.15) is 10.5 Å². The largest absolute Gasteiger partial charge is 0.495 e. The molecule has 0 aromatic heterocycles. The quantitative estimate of drug-likeness (QED) is 0.304. The minimum absolute atomic E-state index is 0.0513. The molecule has 37 heavy (non-hydrogen) atoms. The van der Waals surface area contributed by atoms with Crippen LogP contribution in [0.25, 0.3) is 5.70 Å². The molecule has 10 heteroatoms. The zero-order chi connectivity index (χ0) is 25.5. The first-order valence-corrected chi connectivity index (χ1v) is 14.2. The number of nitrogens with zero attached hydrogens (tertiary/aromatic N) is 1. The molecule has 2 amide bonds. The van der Waals surface area contributed by atoms with E-state index in [-0.39, 0.29) is 34.0 Å². The van der Waals surface area contributed by atoms with Gasteiger partial charge in [0.1, 0.15) is 5.75 Å². The Morgan fingerprint density at radius 2 is 1.97 bits per heavy atom. The highest BCUT2D eigenvalue weighted by atomic mass is 35.5. The normalized spacial score (nSPS) is 26.5. The van der Waals surface area contributed by atoms with Crippen LogP contribution < -0.4 is 31.5 Å². The number of rotatable bonds is 4. The van der Waals surface area contributed by atoms with Gasteiger partial charge in [-0.1, -0.05) is 54.1 Å². The zero-order valence-corrected chi connectivity index (χ0v) is 22.1. The Balaban J connectivity index is 1.35. The molecule has 6 rings (SSSR count). The minimum atomic E-state index is -0.286. The fourth-order valence-corrected chi connectivity index (χ4v) is 7.67. The molecule has 4 unspecified atom stereocenters. The van der Waals surface area contributed by atoms with Crippen LogP contribution in [0.15, 0.2) is 77.9 Å². The lowest BCUT2D eigenvalue weighted by Gasteiger charge is -2.23. The summed E-state index contributed by atoms with van der Waals surface area (Å²) in [6.45, 7) is 1.50. The van der Waals surface area contributed by atoms with E-state index in [0.717, 1.165) is 24.5 Å². The van der Waals surface area contributed by atoms with Crippen molar-refractivity contribution >= 4 is 44.5 Å². The lowest BCUT2D eigenvalue weighted by molar-refractivity contribution is 0.251. The van der Waals surface area contributed by atoms with Crippen molar-refractivity contribution in [3.8, 4) is 5.75 Å².